The predicted octanol–water partition coefficient (Wildman–Crippen LogP) is 5.05. The van der Waals surface area contributed by atoms with Crippen molar-refractivity contribution in [1.82, 2.24) is 9.88 Å². The summed E-state index contributed by atoms with van der Waals surface area (Å²) in [5, 5.41) is 1.20. The molecule has 1 aromatic heterocycles. The van der Waals surface area contributed by atoms with Gasteiger partial charge in [0.2, 0.25) is 0 Å². The van der Waals surface area contributed by atoms with E-state index in [0.717, 1.165) is 17.9 Å². The van der Waals surface area contributed by atoms with Crippen LogP contribution in [0.3, 0.4) is 0 Å². The molecule has 4 heterocycles. The van der Waals surface area contributed by atoms with Crippen molar-refractivity contribution < 1.29 is 0 Å². The van der Waals surface area contributed by atoms with Gasteiger partial charge in [-0.2, -0.15) is 0 Å². The van der Waals surface area contributed by atoms with Crippen LogP contribution in [0, 0.1) is 0 Å². The Morgan fingerprint density at radius 3 is 2.57 bits per heavy atom. The maximum atomic E-state index is 5.12. The van der Waals surface area contributed by atoms with Crippen LogP contribution in [0.15, 0.2) is 53.7 Å². The average Bonchev–Trinajstić information content (AvgIpc) is 3.34. The van der Waals surface area contributed by atoms with E-state index in [4.69, 9.17) is 4.99 Å². The van der Waals surface area contributed by atoms with Crippen LogP contribution in [0.4, 0.5) is 5.69 Å². The number of pyridine rings is 1. The molecule has 5 heteroatoms. The second kappa shape index (κ2) is 7.78. The lowest BCUT2D eigenvalue weighted by Gasteiger charge is -2.33. The highest BCUT2D eigenvalue weighted by atomic mass is 32.2. The zero-order chi connectivity index (χ0) is 18.9. The van der Waals surface area contributed by atoms with Gasteiger partial charge in [0.25, 0.3) is 0 Å². The standard InChI is InChI=1S/C23H28N4S/c1-2-18-16-28-23-25-21(20-8-4-5-13-24-20)22(27(18)23)17-9-11-19(12-10-17)26-14-6-3-7-15-26/h4-5,8-13,18,21-22H,2-3,6-7,14-16H2,1H3/t18-,21-,22+/m1/s1. The van der Waals surface area contributed by atoms with E-state index >= 15 is 0 Å². The number of hydrogen-bond donors (Lipinski definition) is 0. The van der Waals surface area contributed by atoms with Crippen molar-refractivity contribution in [1.29, 1.82) is 0 Å². The monoisotopic (exact) mass is 392 g/mol. The second-order valence-electron chi connectivity index (χ2n) is 7.98. The van der Waals surface area contributed by atoms with E-state index in [-0.39, 0.29) is 12.1 Å². The molecular formula is C23H28N4S. The summed E-state index contributed by atoms with van der Waals surface area (Å²) < 4.78 is 0. The lowest BCUT2D eigenvalue weighted by atomic mass is 9.95. The number of piperidine rings is 1. The number of aromatic nitrogens is 1. The van der Waals surface area contributed by atoms with Gasteiger partial charge >= 0.3 is 0 Å². The smallest absolute Gasteiger partial charge is 0.160 e. The number of fused-ring (bicyclic) bond motifs is 1. The molecule has 0 saturated carbocycles. The van der Waals surface area contributed by atoms with E-state index in [1.54, 1.807) is 0 Å². The largest absolute Gasteiger partial charge is 0.372 e. The maximum absolute atomic E-state index is 5.12. The van der Waals surface area contributed by atoms with Gasteiger partial charge in [0.1, 0.15) is 6.04 Å². The van der Waals surface area contributed by atoms with Gasteiger partial charge in [-0.15, -0.1) is 0 Å². The first-order chi connectivity index (χ1) is 13.8. The Morgan fingerprint density at radius 1 is 1.04 bits per heavy atom. The molecule has 0 amide bonds. The van der Waals surface area contributed by atoms with E-state index in [2.05, 4.69) is 58.1 Å². The number of thioether (sulfide) groups is 1. The van der Waals surface area contributed by atoms with Crippen molar-refractivity contribution in [3.05, 3.63) is 59.9 Å². The molecule has 0 radical (unpaired) electrons. The minimum Gasteiger partial charge on any atom is -0.372 e. The SMILES string of the molecule is CC[C@@H]1CSC2=N[C@H](c3ccccn3)[C@H](c3ccc(N4CCCCC4)cc3)N21. The highest BCUT2D eigenvalue weighted by Gasteiger charge is 2.45. The van der Waals surface area contributed by atoms with Gasteiger partial charge in [0.15, 0.2) is 5.17 Å². The van der Waals surface area contributed by atoms with Crippen LogP contribution in [0.5, 0.6) is 0 Å². The van der Waals surface area contributed by atoms with E-state index in [0.29, 0.717) is 6.04 Å². The van der Waals surface area contributed by atoms with E-state index in [1.807, 2.05) is 24.0 Å². The van der Waals surface area contributed by atoms with Gasteiger partial charge in [0.05, 0.1) is 11.7 Å². The Bertz CT molecular complexity index is 829. The van der Waals surface area contributed by atoms with Crippen molar-refractivity contribution in [3.8, 4) is 0 Å². The number of hydrogen-bond acceptors (Lipinski definition) is 5. The molecule has 5 rings (SSSR count). The van der Waals surface area contributed by atoms with Gasteiger partial charge in [0, 0.05) is 36.8 Å². The van der Waals surface area contributed by atoms with E-state index in [1.165, 1.54) is 48.8 Å². The quantitative estimate of drug-likeness (QED) is 0.729. The molecular weight excluding hydrogens is 364 g/mol. The molecule has 3 atom stereocenters. The first-order valence-corrected chi connectivity index (χ1v) is 11.6. The van der Waals surface area contributed by atoms with Gasteiger partial charge in [-0.3, -0.25) is 9.98 Å². The molecule has 3 aliphatic heterocycles. The summed E-state index contributed by atoms with van der Waals surface area (Å²) in [7, 11) is 0. The van der Waals surface area contributed by atoms with Crippen molar-refractivity contribution >= 4 is 22.6 Å². The third-order valence-electron chi connectivity index (χ3n) is 6.29. The fourth-order valence-corrected chi connectivity index (χ4v) is 6.08. The van der Waals surface area contributed by atoms with Gasteiger partial charge in [-0.25, -0.2) is 0 Å². The van der Waals surface area contributed by atoms with Crippen LogP contribution in [-0.2, 0) is 0 Å². The van der Waals surface area contributed by atoms with Gasteiger partial charge in [-0.05, 0) is 55.5 Å². The summed E-state index contributed by atoms with van der Waals surface area (Å²) in [6.45, 7) is 4.67. The molecule has 3 aliphatic rings. The molecule has 1 aromatic carbocycles. The molecule has 2 fully saturated rings. The molecule has 146 valence electrons. The van der Waals surface area contributed by atoms with Gasteiger partial charge in [-0.1, -0.05) is 36.9 Å². The minimum absolute atomic E-state index is 0.0823. The summed E-state index contributed by atoms with van der Waals surface area (Å²) in [4.78, 5) is 14.9. The normalized spacial score (nSPS) is 27.0. The fraction of sp³-hybridized carbons (Fsp3) is 0.478. The third kappa shape index (κ3) is 3.20. The molecule has 2 aromatic rings. The summed E-state index contributed by atoms with van der Waals surface area (Å²) in [5.41, 5.74) is 3.79. The van der Waals surface area contributed by atoms with Crippen molar-refractivity contribution in [3.63, 3.8) is 0 Å². The summed E-state index contributed by atoms with van der Waals surface area (Å²) in [5.74, 6) is 1.15. The Balaban J connectivity index is 1.48. The van der Waals surface area contributed by atoms with Crippen LogP contribution in [0.1, 0.15) is 55.9 Å². The molecule has 0 N–H and O–H groups in total. The lowest BCUT2D eigenvalue weighted by molar-refractivity contribution is 0.255. The van der Waals surface area contributed by atoms with Crippen molar-refractivity contribution in [2.75, 3.05) is 23.7 Å². The first-order valence-electron chi connectivity index (χ1n) is 10.6. The molecule has 0 spiro atoms. The number of nitrogens with zero attached hydrogens (tertiary/aromatic N) is 4. The molecule has 4 nitrogen and oxygen atoms in total. The summed E-state index contributed by atoms with van der Waals surface area (Å²) in [6, 6.07) is 16.4. The Labute approximate surface area is 172 Å². The highest BCUT2D eigenvalue weighted by Crippen LogP contribution is 2.48. The number of anilines is 1. The van der Waals surface area contributed by atoms with E-state index in [9.17, 15) is 0 Å². The third-order valence-corrected chi connectivity index (χ3v) is 7.41. The van der Waals surface area contributed by atoms with Crippen LogP contribution >= 0.6 is 11.8 Å². The molecule has 2 saturated heterocycles. The highest BCUT2D eigenvalue weighted by molar-refractivity contribution is 8.14. The van der Waals surface area contributed by atoms with Crippen LogP contribution in [-0.4, -0.2) is 39.9 Å². The van der Waals surface area contributed by atoms with E-state index < -0.39 is 0 Å². The zero-order valence-corrected chi connectivity index (χ0v) is 17.3. The fourth-order valence-electron chi connectivity index (χ4n) is 4.74. The van der Waals surface area contributed by atoms with Crippen LogP contribution < -0.4 is 4.90 Å². The molecule has 0 bridgehead atoms. The van der Waals surface area contributed by atoms with Gasteiger partial charge < -0.3 is 9.80 Å². The zero-order valence-electron chi connectivity index (χ0n) is 16.5. The Morgan fingerprint density at radius 2 is 1.86 bits per heavy atom. The Kier molecular flexibility index (Phi) is 5.02. The predicted molar refractivity (Wildman–Crippen MR) is 118 cm³/mol. The number of amidine groups is 1. The maximum Gasteiger partial charge on any atom is 0.160 e. The van der Waals surface area contributed by atoms with Crippen molar-refractivity contribution in [2.45, 2.75) is 50.7 Å². The topological polar surface area (TPSA) is 31.7 Å². The number of benzene rings is 1. The molecule has 0 unspecified atom stereocenters. The van der Waals surface area contributed by atoms with Crippen LogP contribution in [0.25, 0.3) is 0 Å². The lowest BCUT2D eigenvalue weighted by Crippen LogP contribution is -2.35. The van der Waals surface area contributed by atoms with Crippen molar-refractivity contribution in [2.24, 2.45) is 4.99 Å². The second-order valence-corrected chi connectivity index (χ2v) is 8.96. The number of rotatable bonds is 4. The minimum atomic E-state index is 0.0823. The number of aliphatic imine (C=N–C) groups is 1. The molecule has 28 heavy (non-hydrogen) atoms. The summed E-state index contributed by atoms with van der Waals surface area (Å²) >= 11 is 1.91. The average molecular weight is 393 g/mol. The first kappa shape index (κ1) is 18.0. The van der Waals surface area contributed by atoms with Crippen LogP contribution in [0.2, 0.25) is 0 Å². The molecule has 0 aliphatic carbocycles. The Hall–Kier alpha value is -2.01. The summed E-state index contributed by atoms with van der Waals surface area (Å²) in [6.07, 6.45) is 7.04.